The second kappa shape index (κ2) is 4.57. The molecule has 0 saturated heterocycles. The number of aromatic nitrogens is 2. The largest absolute Gasteiger partial charge is 0.481 e. The van der Waals surface area contributed by atoms with Gasteiger partial charge in [0.05, 0.1) is 11.0 Å². The van der Waals surface area contributed by atoms with Crippen LogP contribution in [0.5, 0.6) is 0 Å². The Morgan fingerprint density at radius 2 is 2.24 bits per heavy atom. The molecule has 1 aromatic heterocycles. The van der Waals surface area contributed by atoms with E-state index < -0.39 is 5.97 Å². The predicted octanol–water partition coefficient (Wildman–Crippen LogP) is 2.15. The number of hydrogen-bond acceptors (Lipinski definition) is 2. The molecule has 0 unspecified atom stereocenters. The van der Waals surface area contributed by atoms with Gasteiger partial charge in [-0.3, -0.25) is 4.79 Å². The summed E-state index contributed by atoms with van der Waals surface area (Å²) in [6.07, 6.45) is 1.62. The number of nitrogens with zero attached hydrogens (tertiary/aromatic N) is 2. The van der Waals surface area contributed by atoms with Gasteiger partial charge in [-0.05, 0) is 24.1 Å². The van der Waals surface area contributed by atoms with Gasteiger partial charge in [-0.1, -0.05) is 13.0 Å². The van der Waals surface area contributed by atoms with Crippen LogP contribution in [0.25, 0.3) is 11.0 Å². The summed E-state index contributed by atoms with van der Waals surface area (Å²) < 4.78 is 2.08. The SMILES string of the molecule is CCc1nc2cc(CCC(=O)O)ccc2n1C. The normalized spacial score (nSPS) is 10.9. The van der Waals surface area contributed by atoms with Crippen LogP contribution >= 0.6 is 0 Å². The van der Waals surface area contributed by atoms with Gasteiger partial charge in [0, 0.05) is 19.9 Å². The molecule has 1 heterocycles. The first-order valence-corrected chi connectivity index (χ1v) is 5.78. The van der Waals surface area contributed by atoms with Gasteiger partial charge >= 0.3 is 5.97 Å². The van der Waals surface area contributed by atoms with E-state index in [-0.39, 0.29) is 6.42 Å². The zero-order valence-electron chi connectivity index (χ0n) is 10.1. The van der Waals surface area contributed by atoms with Crippen LogP contribution in [0.4, 0.5) is 0 Å². The van der Waals surface area contributed by atoms with Crippen molar-refractivity contribution in [2.45, 2.75) is 26.2 Å². The Morgan fingerprint density at radius 3 is 2.88 bits per heavy atom. The molecule has 0 radical (unpaired) electrons. The molecule has 0 aliphatic carbocycles. The molecule has 0 aliphatic rings. The second-order valence-corrected chi connectivity index (χ2v) is 4.16. The lowest BCUT2D eigenvalue weighted by molar-refractivity contribution is -0.136. The van der Waals surface area contributed by atoms with Crippen molar-refractivity contribution in [2.75, 3.05) is 0 Å². The van der Waals surface area contributed by atoms with Gasteiger partial charge < -0.3 is 9.67 Å². The molecule has 0 atom stereocenters. The van der Waals surface area contributed by atoms with Crippen molar-refractivity contribution in [1.82, 2.24) is 9.55 Å². The lowest BCUT2D eigenvalue weighted by atomic mass is 10.1. The van der Waals surface area contributed by atoms with Crippen molar-refractivity contribution in [3.05, 3.63) is 29.6 Å². The molecular weight excluding hydrogens is 216 g/mol. The second-order valence-electron chi connectivity index (χ2n) is 4.16. The van der Waals surface area contributed by atoms with Crippen molar-refractivity contribution < 1.29 is 9.90 Å². The average molecular weight is 232 g/mol. The number of aliphatic carboxylic acids is 1. The zero-order valence-corrected chi connectivity index (χ0v) is 10.1. The fourth-order valence-corrected chi connectivity index (χ4v) is 2.02. The number of imidazole rings is 1. The van der Waals surface area contributed by atoms with Crippen LogP contribution in [0, 0.1) is 0 Å². The quantitative estimate of drug-likeness (QED) is 0.878. The zero-order chi connectivity index (χ0) is 12.4. The summed E-state index contributed by atoms with van der Waals surface area (Å²) in [6, 6.07) is 5.97. The summed E-state index contributed by atoms with van der Waals surface area (Å²) in [5.41, 5.74) is 3.08. The minimum Gasteiger partial charge on any atom is -0.481 e. The van der Waals surface area contributed by atoms with E-state index in [1.165, 1.54) is 0 Å². The summed E-state index contributed by atoms with van der Waals surface area (Å²) in [5, 5.41) is 8.65. The third-order valence-electron chi connectivity index (χ3n) is 2.98. The number of carboxylic acids is 1. The molecule has 0 spiro atoms. The Bertz CT molecular complexity index is 558. The Labute approximate surface area is 99.9 Å². The third-order valence-corrected chi connectivity index (χ3v) is 2.98. The number of carboxylic acid groups (broad SMARTS) is 1. The summed E-state index contributed by atoms with van der Waals surface area (Å²) in [7, 11) is 2.01. The lowest BCUT2D eigenvalue weighted by Crippen LogP contribution is -1.97. The van der Waals surface area contributed by atoms with Gasteiger partial charge in [0.2, 0.25) is 0 Å². The predicted molar refractivity (Wildman–Crippen MR) is 66.0 cm³/mol. The Hall–Kier alpha value is -1.84. The van der Waals surface area contributed by atoms with Crippen molar-refractivity contribution in [3.8, 4) is 0 Å². The molecule has 4 heteroatoms. The van der Waals surface area contributed by atoms with Crippen LogP contribution in [-0.4, -0.2) is 20.6 Å². The monoisotopic (exact) mass is 232 g/mol. The first-order chi connectivity index (χ1) is 8.11. The number of carbonyl (C=O) groups is 1. The van der Waals surface area contributed by atoms with E-state index in [0.29, 0.717) is 6.42 Å². The van der Waals surface area contributed by atoms with Crippen LogP contribution in [-0.2, 0) is 24.7 Å². The number of hydrogen-bond donors (Lipinski definition) is 1. The van der Waals surface area contributed by atoms with Crippen LogP contribution in [0.2, 0.25) is 0 Å². The van der Waals surface area contributed by atoms with Crippen molar-refractivity contribution in [1.29, 1.82) is 0 Å². The summed E-state index contributed by atoms with van der Waals surface area (Å²) in [6.45, 7) is 2.08. The molecule has 1 N–H and O–H groups in total. The topological polar surface area (TPSA) is 55.1 Å². The maximum Gasteiger partial charge on any atom is 0.303 e. The van der Waals surface area contributed by atoms with Crippen molar-refractivity contribution in [3.63, 3.8) is 0 Å². The summed E-state index contributed by atoms with van der Waals surface area (Å²) >= 11 is 0. The standard InChI is InChI=1S/C13H16N2O2/c1-3-12-14-10-8-9(5-7-13(16)17)4-6-11(10)15(12)2/h4,6,8H,3,5,7H2,1-2H3,(H,16,17). The van der Waals surface area contributed by atoms with Crippen molar-refractivity contribution in [2.24, 2.45) is 7.05 Å². The van der Waals surface area contributed by atoms with E-state index in [2.05, 4.69) is 16.5 Å². The van der Waals surface area contributed by atoms with E-state index in [0.717, 1.165) is 28.8 Å². The van der Waals surface area contributed by atoms with E-state index in [4.69, 9.17) is 5.11 Å². The van der Waals surface area contributed by atoms with Crippen LogP contribution in [0.1, 0.15) is 24.7 Å². The molecule has 17 heavy (non-hydrogen) atoms. The fourth-order valence-electron chi connectivity index (χ4n) is 2.02. The number of benzene rings is 1. The minimum atomic E-state index is -0.764. The van der Waals surface area contributed by atoms with Gasteiger partial charge in [0.25, 0.3) is 0 Å². The molecule has 4 nitrogen and oxygen atoms in total. The highest BCUT2D eigenvalue weighted by Gasteiger charge is 2.07. The maximum absolute atomic E-state index is 10.5. The average Bonchev–Trinajstić information content (AvgIpc) is 2.63. The Morgan fingerprint density at radius 1 is 1.47 bits per heavy atom. The van der Waals surface area contributed by atoms with Gasteiger partial charge in [-0.15, -0.1) is 0 Å². The number of fused-ring (bicyclic) bond motifs is 1. The first-order valence-electron chi connectivity index (χ1n) is 5.78. The minimum absolute atomic E-state index is 0.166. The highest BCUT2D eigenvalue weighted by atomic mass is 16.4. The molecular formula is C13H16N2O2. The fraction of sp³-hybridized carbons (Fsp3) is 0.385. The van der Waals surface area contributed by atoms with E-state index in [1.54, 1.807) is 0 Å². The highest BCUT2D eigenvalue weighted by Crippen LogP contribution is 2.18. The van der Waals surface area contributed by atoms with E-state index in [9.17, 15) is 4.79 Å². The van der Waals surface area contributed by atoms with Gasteiger partial charge in [-0.25, -0.2) is 4.98 Å². The number of rotatable bonds is 4. The first kappa shape index (κ1) is 11.6. The number of aryl methyl sites for hydroxylation is 3. The molecule has 2 rings (SSSR count). The summed E-state index contributed by atoms with van der Waals surface area (Å²) in [4.78, 5) is 15.1. The molecule has 1 aromatic carbocycles. The maximum atomic E-state index is 10.5. The van der Waals surface area contributed by atoms with Gasteiger partial charge in [0.1, 0.15) is 5.82 Å². The van der Waals surface area contributed by atoms with Gasteiger partial charge in [0.15, 0.2) is 0 Å². The van der Waals surface area contributed by atoms with Crippen molar-refractivity contribution >= 4 is 17.0 Å². The molecule has 0 fully saturated rings. The van der Waals surface area contributed by atoms with E-state index in [1.807, 2.05) is 25.2 Å². The molecule has 90 valence electrons. The van der Waals surface area contributed by atoms with Gasteiger partial charge in [-0.2, -0.15) is 0 Å². The Balaban J connectivity index is 2.34. The van der Waals surface area contributed by atoms with Crippen LogP contribution < -0.4 is 0 Å². The molecule has 0 aliphatic heterocycles. The van der Waals surface area contributed by atoms with E-state index >= 15 is 0 Å². The molecule has 2 aromatic rings. The Kier molecular flexibility index (Phi) is 3.13. The van der Waals surface area contributed by atoms with Crippen LogP contribution in [0.15, 0.2) is 18.2 Å². The molecule has 0 amide bonds. The molecule has 0 saturated carbocycles. The molecule has 0 bridgehead atoms. The third kappa shape index (κ3) is 2.30. The highest BCUT2D eigenvalue weighted by molar-refractivity contribution is 5.77. The summed E-state index contributed by atoms with van der Waals surface area (Å²) in [5.74, 6) is 0.288. The smallest absolute Gasteiger partial charge is 0.303 e. The van der Waals surface area contributed by atoms with Crippen LogP contribution in [0.3, 0.4) is 0 Å². The lowest BCUT2D eigenvalue weighted by Gasteiger charge is -2.00.